The number of nitrogens with two attached hydrogens (primary N) is 4. The molecule has 2 aliphatic rings. The maximum absolute atomic E-state index is 10.0. The molecule has 2 rings (SSSR count). The van der Waals surface area contributed by atoms with E-state index in [0.717, 1.165) is 0 Å². The van der Waals surface area contributed by atoms with Gasteiger partial charge < -0.3 is 42.6 Å². The molecule has 1 saturated carbocycles. The second-order valence-corrected chi connectivity index (χ2v) is 5.41. The maximum Gasteiger partial charge on any atom is 0.215 e. The van der Waals surface area contributed by atoms with Crippen LogP contribution in [0.4, 0.5) is 0 Å². The topological polar surface area (TPSA) is 163 Å². The predicted molar refractivity (Wildman–Crippen MR) is 72.1 cm³/mol. The lowest BCUT2D eigenvalue weighted by Crippen LogP contribution is -2.63. The molecule has 8 heteroatoms. The average Bonchev–Trinajstić information content (AvgIpc) is 2.43. The Labute approximate surface area is 117 Å². The molecule has 7 atom stereocenters. The van der Waals surface area contributed by atoms with Crippen LogP contribution >= 0.6 is 0 Å². The van der Waals surface area contributed by atoms with Crippen molar-refractivity contribution < 1.29 is 19.7 Å². The first-order valence-corrected chi connectivity index (χ1v) is 6.78. The largest absolute Gasteiger partial charge is 0.467 e. The first kappa shape index (κ1) is 15.6. The van der Waals surface area contributed by atoms with E-state index in [4.69, 9.17) is 32.4 Å². The highest BCUT2D eigenvalue weighted by Gasteiger charge is 2.43. The van der Waals surface area contributed by atoms with Gasteiger partial charge in [0.25, 0.3) is 0 Å². The molecule has 0 radical (unpaired) electrons. The lowest BCUT2D eigenvalue weighted by Gasteiger charge is -2.42. The lowest BCUT2D eigenvalue weighted by molar-refractivity contribution is -0.216. The molecule has 10 N–H and O–H groups in total. The van der Waals surface area contributed by atoms with Gasteiger partial charge in [-0.05, 0) is 18.9 Å². The van der Waals surface area contributed by atoms with Gasteiger partial charge in [0, 0.05) is 12.1 Å². The molecule has 1 aliphatic heterocycles. The van der Waals surface area contributed by atoms with Crippen LogP contribution in [0.25, 0.3) is 0 Å². The third-order valence-electron chi connectivity index (χ3n) is 3.82. The quantitative estimate of drug-likeness (QED) is 0.321. The molecule has 0 bridgehead atoms. The molecule has 0 saturated heterocycles. The molecular weight excluding hydrogens is 264 g/mol. The van der Waals surface area contributed by atoms with E-state index in [0.29, 0.717) is 18.6 Å². The van der Waals surface area contributed by atoms with Gasteiger partial charge in [-0.1, -0.05) is 0 Å². The Morgan fingerprint density at radius 1 is 1.15 bits per heavy atom. The first-order chi connectivity index (χ1) is 9.43. The lowest BCUT2D eigenvalue weighted by atomic mass is 9.84. The molecule has 7 unspecified atom stereocenters. The van der Waals surface area contributed by atoms with Crippen molar-refractivity contribution in [1.82, 2.24) is 0 Å². The van der Waals surface area contributed by atoms with E-state index in [1.165, 1.54) is 0 Å². The van der Waals surface area contributed by atoms with Crippen LogP contribution in [0.15, 0.2) is 11.8 Å². The van der Waals surface area contributed by atoms with Gasteiger partial charge in [0.1, 0.15) is 18.0 Å². The fraction of sp³-hybridized carbons (Fsp3) is 0.833. The van der Waals surface area contributed by atoms with Crippen molar-refractivity contribution in [2.24, 2.45) is 22.9 Å². The highest BCUT2D eigenvalue weighted by Crippen LogP contribution is 2.25. The summed E-state index contributed by atoms with van der Waals surface area (Å²) in [4.78, 5) is 0. The molecule has 0 amide bonds. The number of aliphatic hydroxyl groups excluding tert-OH is 2. The number of ether oxygens (including phenoxy) is 2. The van der Waals surface area contributed by atoms with Crippen LogP contribution in [0.3, 0.4) is 0 Å². The van der Waals surface area contributed by atoms with E-state index in [-0.39, 0.29) is 12.6 Å². The van der Waals surface area contributed by atoms with Crippen LogP contribution in [-0.4, -0.2) is 59.5 Å². The Bertz CT molecular complexity index is 367. The Hall–Kier alpha value is -0.740. The van der Waals surface area contributed by atoms with Gasteiger partial charge >= 0.3 is 0 Å². The van der Waals surface area contributed by atoms with Gasteiger partial charge in [0.2, 0.25) is 6.29 Å². The van der Waals surface area contributed by atoms with Gasteiger partial charge in [0.05, 0.1) is 18.7 Å². The third-order valence-corrected chi connectivity index (χ3v) is 3.82. The Balaban J connectivity index is 2.03. The van der Waals surface area contributed by atoms with E-state index in [1.807, 2.05) is 6.08 Å². The summed E-state index contributed by atoms with van der Waals surface area (Å²) in [5.41, 5.74) is 23.1. The molecule has 8 nitrogen and oxygen atoms in total. The maximum atomic E-state index is 10.0. The molecule has 0 spiro atoms. The summed E-state index contributed by atoms with van der Waals surface area (Å²) >= 11 is 0. The van der Waals surface area contributed by atoms with Crippen molar-refractivity contribution in [3.8, 4) is 0 Å². The zero-order chi connectivity index (χ0) is 14.9. The van der Waals surface area contributed by atoms with E-state index in [2.05, 4.69) is 0 Å². The minimum atomic E-state index is -1.17. The van der Waals surface area contributed by atoms with E-state index in [9.17, 15) is 10.2 Å². The van der Waals surface area contributed by atoms with Gasteiger partial charge in [-0.15, -0.1) is 0 Å². The van der Waals surface area contributed by atoms with Crippen LogP contribution in [0.1, 0.15) is 12.8 Å². The molecule has 1 heterocycles. The highest BCUT2D eigenvalue weighted by atomic mass is 16.7. The summed E-state index contributed by atoms with van der Waals surface area (Å²) < 4.78 is 11.2. The normalized spacial score (nSPS) is 45.7. The van der Waals surface area contributed by atoms with Crippen molar-refractivity contribution in [3.63, 3.8) is 0 Å². The van der Waals surface area contributed by atoms with E-state index in [1.54, 1.807) is 0 Å². The standard InChI is InChI=1S/C12H24N4O4/c13-4-5-1-2-6(14)12(19-5)20-11-8(16)3-7(15)9(17)10(11)18/h1,6-12,17-18H,2-4,13-16H2. The molecule has 20 heavy (non-hydrogen) atoms. The summed E-state index contributed by atoms with van der Waals surface area (Å²) in [5, 5.41) is 19.9. The van der Waals surface area contributed by atoms with Crippen LogP contribution < -0.4 is 22.9 Å². The van der Waals surface area contributed by atoms with Crippen molar-refractivity contribution in [2.75, 3.05) is 6.54 Å². The summed E-state index contributed by atoms with van der Waals surface area (Å²) in [5.74, 6) is 0.591. The number of rotatable bonds is 3. The van der Waals surface area contributed by atoms with Crippen molar-refractivity contribution in [1.29, 1.82) is 0 Å². The molecule has 0 aromatic heterocycles. The van der Waals surface area contributed by atoms with Crippen molar-refractivity contribution in [2.45, 2.75) is 55.6 Å². The second kappa shape index (κ2) is 6.35. The van der Waals surface area contributed by atoms with E-state index >= 15 is 0 Å². The number of hydrogen-bond donors (Lipinski definition) is 6. The third kappa shape index (κ3) is 3.12. The monoisotopic (exact) mass is 288 g/mol. The van der Waals surface area contributed by atoms with Gasteiger partial charge in [-0.25, -0.2) is 0 Å². The smallest absolute Gasteiger partial charge is 0.215 e. The molecular formula is C12H24N4O4. The number of hydrogen-bond acceptors (Lipinski definition) is 8. The highest BCUT2D eigenvalue weighted by molar-refractivity contribution is 5.03. The van der Waals surface area contributed by atoms with Gasteiger partial charge in [-0.3, -0.25) is 0 Å². The van der Waals surface area contributed by atoms with Crippen LogP contribution in [-0.2, 0) is 9.47 Å². The van der Waals surface area contributed by atoms with Gasteiger partial charge in [-0.2, -0.15) is 0 Å². The molecule has 1 aliphatic carbocycles. The fourth-order valence-corrected chi connectivity index (χ4v) is 2.55. The van der Waals surface area contributed by atoms with Crippen LogP contribution in [0.2, 0.25) is 0 Å². The van der Waals surface area contributed by atoms with E-state index < -0.39 is 36.7 Å². The summed E-state index contributed by atoms with van der Waals surface area (Å²) in [6.45, 7) is 0.249. The second-order valence-electron chi connectivity index (χ2n) is 5.41. The van der Waals surface area contributed by atoms with Crippen molar-refractivity contribution in [3.05, 3.63) is 11.8 Å². The first-order valence-electron chi connectivity index (χ1n) is 6.78. The zero-order valence-electron chi connectivity index (χ0n) is 11.3. The molecule has 0 aromatic carbocycles. The van der Waals surface area contributed by atoms with Crippen molar-refractivity contribution >= 4 is 0 Å². The summed E-state index contributed by atoms with van der Waals surface area (Å²) in [6.07, 6.45) is -1.04. The average molecular weight is 288 g/mol. The Morgan fingerprint density at radius 2 is 1.85 bits per heavy atom. The zero-order valence-corrected chi connectivity index (χ0v) is 11.3. The fourth-order valence-electron chi connectivity index (χ4n) is 2.55. The summed E-state index contributed by atoms with van der Waals surface area (Å²) in [6, 6.07) is -1.44. The predicted octanol–water partition coefficient (Wildman–Crippen LogP) is -2.93. The molecule has 0 aromatic rings. The molecule has 116 valence electrons. The van der Waals surface area contributed by atoms with Crippen LogP contribution in [0, 0.1) is 0 Å². The van der Waals surface area contributed by atoms with Crippen LogP contribution in [0.5, 0.6) is 0 Å². The Kier molecular flexibility index (Phi) is 4.97. The van der Waals surface area contributed by atoms with Gasteiger partial charge in [0.15, 0.2) is 0 Å². The number of aliphatic hydroxyl groups is 2. The SMILES string of the molecule is NCC1=CCC(N)C(OC2C(N)CC(N)C(O)C2O)O1. The Morgan fingerprint density at radius 3 is 2.50 bits per heavy atom. The minimum absolute atomic E-state index is 0.249. The molecule has 1 fully saturated rings. The summed E-state index contributed by atoms with van der Waals surface area (Å²) in [7, 11) is 0. The minimum Gasteiger partial charge on any atom is -0.467 e.